The molecule has 5 heteroatoms. The van der Waals surface area contributed by atoms with Crippen molar-refractivity contribution in [2.45, 2.75) is 27.0 Å². The molecule has 0 unspecified atom stereocenters. The van der Waals surface area contributed by atoms with Gasteiger partial charge in [0.15, 0.2) is 0 Å². The van der Waals surface area contributed by atoms with Crippen molar-refractivity contribution in [1.29, 1.82) is 0 Å². The molecule has 0 aliphatic rings. The molecule has 0 saturated heterocycles. The standard InChI is InChI=1S/C13H14Cl2N2O/c1-8-12(7-18)9(2)17(16-8)6-10-3-4-11(14)5-13(10)15/h3-5,18H,6-7H2,1-2H3. The monoisotopic (exact) mass is 284 g/mol. The predicted octanol–water partition coefficient (Wildman–Crippen LogP) is 3.35. The van der Waals surface area contributed by atoms with Crippen molar-refractivity contribution in [2.24, 2.45) is 0 Å². The molecule has 1 N–H and O–H groups in total. The first kappa shape index (κ1) is 13.4. The lowest BCUT2D eigenvalue weighted by Crippen LogP contribution is -2.05. The van der Waals surface area contributed by atoms with E-state index in [-0.39, 0.29) is 6.61 Å². The number of aryl methyl sites for hydroxylation is 1. The first-order chi connectivity index (χ1) is 8.52. The second-order valence-electron chi connectivity index (χ2n) is 4.20. The van der Waals surface area contributed by atoms with Crippen LogP contribution in [0.25, 0.3) is 0 Å². The van der Waals surface area contributed by atoms with Crippen molar-refractivity contribution >= 4 is 23.2 Å². The van der Waals surface area contributed by atoms with Crippen LogP contribution in [0.5, 0.6) is 0 Å². The van der Waals surface area contributed by atoms with Crippen LogP contribution in [0.4, 0.5) is 0 Å². The highest BCUT2D eigenvalue weighted by atomic mass is 35.5. The summed E-state index contributed by atoms with van der Waals surface area (Å²) >= 11 is 12.0. The molecule has 1 heterocycles. The van der Waals surface area contributed by atoms with Gasteiger partial charge in [-0.2, -0.15) is 5.10 Å². The zero-order chi connectivity index (χ0) is 13.3. The summed E-state index contributed by atoms with van der Waals surface area (Å²) in [6.07, 6.45) is 0. The van der Waals surface area contributed by atoms with E-state index >= 15 is 0 Å². The van der Waals surface area contributed by atoms with E-state index in [1.807, 2.05) is 24.6 Å². The van der Waals surface area contributed by atoms with E-state index in [0.717, 1.165) is 22.5 Å². The van der Waals surface area contributed by atoms with E-state index in [0.29, 0.717) is 16.6 Å². The third-order valence-electron chi connectivity index (χ3n) is 3.02. The largest absolute Gasteiger partial charge is 0.392 e. The van der Waals surface area contributed by atoms with Gasteiger partial charge in [0.25, 0.3) is 0 Å². The number of aliphatic hydroxyl groups excluding tert-OH is 1. The number of hydrogen-bond donors (Lipinski definition) is 1. The lowest BCUT2D eigenvalue weighted by atomic mass is 10.2. The van der Waals surface area contributed by atoms with E-state index in [1.54, 1.807) is 12.1 Å². The Hall–Kier alpha value is -1.03. The van der Waals surface area contributed by atoms with Gasteiger partial charge in [-0.05, 0) is 31.5 Å². The quantitative estimate of drug-likeness (QED) is 0.939. The highest BCUT2D eigenvalue weighted by molar-refractivity contribution is 6.35. The molecule has 2 aromatic rings. The van der Waals surface area contributed by atoms with E-state index in [2.05, 4.69) is 5.10 Å². The molecule has 1 aromatic heterocycles. The summed E-state index contributed by atoms with van der Waals surface area (Å²) in [6.45, 7) is 4.41. The van der Waals surface area contributed by atoms with Gasteiger partial charge in [-0.3, -0.25) is 4.68 Å². The van der Waals surface area contributed by atoms with Gasteiger partial charge >= 0.3 is 0 Å². The van der Waals surface area contributed by atoms with Crippen molar-refractivity contribution in [3.63, 3.8) is 0 Å². The van der Waals surface area contributed by atoms with Gasteiger partial charge in [0, 0.05) is 21.3 Å². The fourth-order valence-corrected chi connectivity index (χ4v) is 2.40. The normalized spacial score (nSPS) is 10.9. The van der Waals surface area contributed by atoms with E-state index in [4.69, 9.17) is 23.2 Å². The van der Waals surface area contributed by atoms with Crippen LogP contribution in [0.3, 0.4) is 0 Å². The fourth-order valence-electron chi connectivity index (χ4n) is 1.93. The molecule has 1 aromatic carbocycles. The van der Waals surface area contributed by atoms with E-state index in [9.17, 15) is 5.11 Å². The highest BCUT2D eigenvalue weighted by Crippen LogP contribution is 2.23. The molecule has 3 nitrogen and oxygen atoms in total. The van der Waals surface area contributed by atoms with Crippen LogP contribution in [0.1, 0.15) is 22.5 Å². The first-order valence-electron chi connectivity index (χ1n) is 5.60. The van der Waals surface area contributed by atoms with Crippen LogP contribution >= 0.6 is 23.2 Å². The minimum Gasteiger partial charge on any atom is -0.392 e. The smallest absolute Gasteiger partial charge is 0.0718 e. The molecule has 2 rings (SSSR count). The van der Waals surface area contributed by atoms with Gasteiger partial charge in [0.1, 0.15) is 0 Å². The number of aromatic nitrogens is 2. The molecular weight excluding hydrogens is 271 g/mol. The minimum atomic E-state index is 0.00597. The maximum absolute atomic E-state index is 9.27. The second kappa shape index (κ2) is 5.31. The lowest BCUT2D eigenvalue weighted by molar-refractivity contribution is 0.280. The van der Waals surface area contributed by atoms with Crippen LogP contribution in [-0.4, -0.2) is 14.9 Å². The van der Waals surface area contributed by atoms with Crippen molar-refractivity contribution in [3.8, 4) is 0 Å². The average Bonchev–Trinajstić information content (AvgIpc) is 2.58. The van der Waals surface area contributed by atoms with Gasteiger partial charge in [0.2, 0.25) is 0 Å². The van der Waals surface area contributed by atoms with Gasteiger partial charge in [-0.15, -0.1) is 0 Å². The summed E-state index contributed by atoms with van der Waals surface area (Å²) in [6, 6.07) is 5.41. The van der Waals surface area contributed by atoms with Crippen LogP contribution < -0.4 is 0 Å². The Kier molecular flexibility index (Phi) is 3.95. The van der Waals surface area contributed by atoms with Gasteiger partial charge in [-0.25, -0.2) is 0 Å². The van der Waals surface area contributed by atoms with E-state index < -0.39 is 0 Å². The molecule has 96 valence electrons. The number of rotatable bonds is 3. The molecule has 18 heavy (non-hydrogen) atoms. The van der Waals surface area contributed by atoms with Crippen LogP contribution in [0, 0.1) is 13.8 Å². The average molecular weight is 285 g/mol. The molecule has 0 aliphatic carbocycles. The Morgan fingerprint density at radius 3 is 2.56 bits per heavy atom. The first-order valence-corrected chi connectivity index (χ1v) is 6.36. The number of nitrogens with zero attached hydrogens (tertiary/aromatic N) is 2. The van der Waals surface area contributed by atoms with Crippen LogP contribution in [0.2, 0.25) is 10.0 Å². The third kappa shape index (κ3) is 2.53. The predicted molar refractivity (Wildman–Crippen MR) is 73.2 cm³/mol. The van der Waals surface area contributed by atoms with E-state index in [1.165, 1.54) is 0 Å². The summed E-state index contributed by atoms with van der Waals surface area (Å²) in [5.74, 6) is 0. The summed E-state index contributed by atoms with van der Waals surface area (Å²) in [4.78, 5) is 0. The maximum atomic E-state index is 9.27. The Morgan fingerprint density at radius 2 is 2.00 bits per heavy atom. The molecular formula is C13H14Cl2N2O. The zero-order valence-corrected chi connectivity index (χ0v) is 11.8. The molecule has 0 spiro atoms. The van der Waals surface area contributed by atoms with Gasteiger partial charge in [-0.1, -0.05) is 29.3 Å². The Bertz CT molecular complexity index is 579. The highest BCUT2D eigenvalue weighted by Gasteiger charge is 2.11. The summed E-state index contributed by atoms with van der Waals surface area (Å²) < 4.78 is 1.84. The van der Waals surface area contributed by atoms with Crippen LogP contribution in [0.15, 0.2) is 18.2 Å². The number of halogens is 2. The van der Waals surface area contributed by atoms with Gasteiger partial charge in [0.05, 0.1) is 18.8 Å². The Morgan fingerprint density at radius 1 is 1.28 bits per heavy atom. The molecule has 0 atom stereocenters. The maximum Gasteiger partial charge on any atom is 0.0718 e. The number of benzene rings is 1. The summed E-state index contributed by atoms with van der Waals surface area (Å²) in [5, 5.41) is 14.9. The third-order valence-corrected chi connectivity index (χ3v) is 3.61. The Labute approximate surface area is 116 Å². The van der Waals surface area contributed by atoms with Crippen molar-refractivity contribution in [1.82, 2.24) is 9.78 Å². The zero-order valence-electron chi connectivity index (χ0n) is 10.2. The SMILES string of the molecule is Cc1nn(Cc2ccc(Cl)cc2Cl)c(C)c1CO. The van der Waals surface area contributed by atoms with Gasteiger partial charge < -0.3 is 5.11 Å². The molecule has 0 saturated carbocycles. The topological polar surface area (TPSA) is 38.0 Å². The summed E-state index contributed by atoms with van der Waals surface area (Å²) in [5.41, 5.74) is 3.64. The molecule has 0 amide bonds. The lowest BCUT2D eigenvalue weighted by Gasteiger charge is -2.07. The second-order valence-corrected chi connectivity index (χ2v) is 5.04. The van der Waals surface area contributed by atoms with Crippen molar-refractivity contribution in [2.75, 3.05) is 0 Å². The molecule has 0 aliphatic heterocycles. The van der Waals surface area contributed by atoms with Crippen molar-refractivity contribution < 1.29 is 5.11 Å². The minimum absolute atomic E-state index is 0.00597. The number of aliphatic hydroxyl groups is 1. The number of hydrogen-bond acceptors (Lipinski definition) is 2. The Balaban J connectivity index is 2.34. The summed E-state index contributed by atoms with van der Waals surface area (Å²) in [7, 11) is 0. The molecule has 0 fully saturated rings. The fraction of sp³-hybridized carbons (Fsp3) is 0.308. The molecule has 0 radical (unpaired) electrons. The van der Waals surface area contributed by atoms with Crippen LogP contribution in [-0.2, 0) is 13.2 Å². The van der Waals surface area contributed by atoms with Crippen molar-refractivity contribution in [3.05, 3.63) is 50.8 Å². The molecule has 0 bridgehead atoms.